The Morgan fingerprint density at radius 1 is 1.17 bits per heavy atom. The minimum absolute atomic E-state index is 0.364. The minimum atomic E-state index is 0.364. The zero-order valence-electron chi connectivity index (χ0n) is 9.60. The lowest BCUT2D eigenvalue weighted by atomic mass is 10.2. The Kier molecular flexibility index (Phi) is 4.18. The molecule has 0 saturated carbocycles. The van der Waals surface area contributed by atoms with Crippen LogP contribution in [0.5, 0.6) is 5.75 Å². The van der Waals surface area contributed by atoms with Gasteiger partial charge >= 0.3 is 0 Å². The minimum Gasteiger partial charge on any atom is -0.489 e. The largest absolute Gasteiger partial charge is 0.489 e. The molecular formula is C14H12ClNOS. The maximum absolute atomic E-state index is 5.90. The van der Waals surface area contributed by atoms with Gasteiger partial charge in [0.05, 0.1) is 0 Å². The van der Waals surface area contributed by atoms with E-state index in [4.69, 9.17) is 34.3 Å². The quantitative estimate of drug-likeness (QED) is 0.868. The van der Waals surface area contributed by atoms with Crippen molar-refractivity contribution in [3.63, 3.8) is 0 Å². The predicted molar refractivity (Wildman–Crippen MR) is 78.1 cm³/mol. The molecule has 2 N–H and O–H groups in total. The van der Waals surface area contributed by atoms with Crippen LogP contribution < -0.4 is 10.5 Å². The van der Waals surface area contributed by atoms with Crippen LogP contribution >= 0.6 is 23.8 Å². The molecule has 2 nitrogen and oxygen atoms in total. The molecule has 0 bridgehead atoms. The normalized spacial score (nSPS) is 10.1. The van der Waals surface area contributed by atoms with Crippen molar-refractivity contribution >= 4 is 28.8 Å². The highest BCUT2D eigenvalue weighted by Crippen LogP contribution is 2.16. The standard InChI is InChI=1S/C14H12ClNOS/c15-12-5-1-3-10(7-12)9-17-13-6-2-4-11(8-13)14(16)18/h1-8H,9H2,(H2,16,18). The fraction of sp³-hybridized carbons (Fsp3) is 0.0714. The van der Waals surface area contributed by atoms with Gasteiger partial charge < -0.3 is 10.5 Å². The lowest BCUT2D eigenvalue weighted by Gasteiger charge is -2.08. The predicted octanol–water partition coefficient (Wildman–Crippen LogP) is 3.55. The van der Waals surface area contributed by atoms with Crippen LogP contribution in [0.4, 0.5) is 0 Å². The SMILES string of the molecule is NC(=S)c1cccc(OCc2cccc(Cl)c2)c1. The molecule has 0 aliphatic rings. The molecule has 0 atom stereocenters. The maximum atomic E-state index is 5.90. The Labute approximate surface area is 116 Å². The van der Waals surface area contributed by atoms with Crippen molar-refractivity contribution in [2.24, 2.45) is 5.73 Å². The molecule has 0 aliphatic carbocycles. The average molecular weight is 278 g/mol. The van der Waals surface area contributed by atoms with Crippen LogP contribution in [0, 0.1) is 0 Å². The van der Waals surface area contributed by atoms with E-state index in [0.29, 0.717) is 16.6 Å². The Hall–Kier alpha value is -1.58. The lowest BCUT2D eigenvalue weighted by molar-refractivity contribution is 0.306. The third-order valence-electron chi connectivity index (χ3n) is 2.41. The van der Waals surface area contributed by atoms with Crippen LogP contribution in [0.1, 0.15) is 11.1 Å². The molecule has 0 aliphatic heterocycles. The summed E-state index contributed by atoms with van der Waals surface area (Å²) in [5.41, 5.74) is 7.38. The first-order chi connectivity index (χ1) is 8.65. The molecule has 2 rings (SSSR count). The number of halogens is 1. The van der Waals surface area contributed by atoms with Crippen molar-refractivity contribution in [3.8, 4) is 5.75 Å². The lowest BCUT2D eigenvalue weighted by Crippen LogP contribution is -2.09. The molecule has 0 heterocycles. The Bertz CT molecular complexity index is 571. The number of ether oxygens (including phenoxy) is 1. The van der Waals surface area contributed by atoms with Gasteiger partial charge in [-0.15, -0.1) is 0 Å². The van der Waals surface area contributed by atoms with Crippen molar-refractivity contribution in [3.05, 3.63) is 64.7 Å². The highest BCUT2D eigenvalue weighted by molar-refractivity contribution is 7.80. The molecule has 0 saturated heterocycles. The summed E-state index contributed by atoms with van der Waals surface area (Å²) in [5.74, 6) is 0.736. The van der Waals surface area contributed by atoms with Gasteiger partial charge in [0.1, 0.15) is 17.3 Å². The zero-order valence-corrected chi connectivity index (χ0v) is 11.2. The summed E-state index contributed by atoms with van der Waals surface area (Å²) in [5, 5.41) is 0.702. The van der Waals surface area contributed by atoms with Crippen LogP contribution in [0.3, 0.4) is 0 Å². The summed E-state index contributed by atoms with van der Waals surface area (Å²) in [7, 11) is 0. The van der Waals surface area contributed by atoms with Crippen LogP contribution in [0.2, 0.25) is 5.02 Å². The van der Waals surface area contributed by atoms with E-state index >= 15 is 0 Å². The Morgan fingerprint density at radius 3 is 2.67 bits per heavy atom. The van der Waals surface area contributed by atoms with Crippen LogP contribution in [0.25, 0.3) is 0 Å². The highest BCUT2D eigenvalue weighted by Gasteiger charge is 2.00. The molecule has 18 heavy (non-hydrogen) atoms. The summed E-state index contributed by atoms with van der Waals surface area (Å²) >= 11 is 10.8. The summed E-state index contributed by atoms with van der Waals surface area (Å²) in [6, 6.07) is 15.0. The molecule has 0 aromatic heterocycles. The molecule has 2 aromatic carbocycles. The zero-order chi connectivity index (χ0) is 13.0. The van der Waals surface area contributed by atoms with Crippen LogP contribution in [-0.4, -0.2) is 4.99 Å². The number of hydrogen-bond acceptors (Lipinski definition) is 2. The molecule has 2 aromatic rings. The van der Waals surface area contributed by atoms with Gasteiger partial charge in [-0.3, -0.25) is 0 Å². The first-order valence-electron chi connectivity index (χ1n) is 5.42. The second-order valence-corrected chi connectivity index (χ2v) is 4.69. The number of benzene rings is 2. The molecule has 0 fully saturated rings. The van der Waals surface area contributed by atoms with Crippen LogP contribution in [-0.2, 0) is 6.61 Å². The van der Waals surface area contributed by atoms with Gasteiger partial charge in [0.15, 0.2) is 0 Å². The molecular weight excluding hydrogens is 266 g/mol. The van der Waals surface area contributed by atoms with E-state index in [1.165, 1.54) is 0 Å². The van der Waals surface area contributed by atoms with E-state index in [2.05, 4.69) is 0 Å². The van der Waals surface area contributed by atoms with Gasteiger partial charge in [0.2, 0.25) is 0 Å². The summed E-state index contributed by atoms with van der Waals surface area (Å²) < 4.78 is 5.66. The van der Waals surface area contributed by atoms with Crippen LogP contribution in [0.15, 0.2) is 48.5 Å². The first kappa shape index (κ1) is 12.9. The summed E-state index contributed by atoms with van der Waals surface area (Å²) in [6.45, 7) is 0.460. The van der Waals surface area contributed by atoms with E-state index in [1.807, 2.05) is 48.5 Å². The van der Waals surface area contributed by atoms with Gasteiger partial charge in [0.25, 0.3) is 0 Å². The second-order valence-electron chi connectivity index (χ2n) is 3.81. The van der Waals surface area contributed by atoms with E-state index in [0.717, 1.165) is 16.9 Å². The summed E-state index contributed by atoms with van der Waals surface area (Å²) in [4.78, 5) is 0.364. The number of thiocarbonyl (C=S) groups is 1. The molecule has 0 unspecified atom stereocenters. The Balaban J connectivity index is 2.06. The van der Waals surface area contributed by atoms with Gasteiger partial charge in [-0.25, -0.2) is 0 Å². The monoisotopic (exact) mass is 277 g/mol. The number of rotatable bonds is 4. The van der Waals surface area contributed by atoms with Crippen molar-refractivity contribution in [2.45, 2.75) is 6.61 Å². The average Bonchev–Trinajstić information content (AvgIpc) is 2.37. The van der Waals surface area contributed by atoms with Gasteiger partial charge in [0, 0.05) is 10.6 Å². The maximum Gasteiger partial charge on any atom is 0.120 e. The number of hydrogen-bond donors (Lipinski definition) is 1. The molecule has 0 spiro atoms. The van der Waals surface area contributed by atoms with Crippen molar-refractivity contribution in [1.82, 2.24) is 0 Å². The van der Waals surface area contributed by atoms with Gasteiger partial charge in [-0.1, -0.05) is 48.1 Å². The fourth-order valence-corrected chi connectivity index (χ4v) is 1.87. The highest BCUT2D eigenvalue weighted by atomic mass is 35.5. The molecule has 4 heteroatoms. The van der Waals surface area contributed by atoms with E-state index in [9.17, 15) is 0 Å². The second kappa shape index (κ2) is 5.85. The summed E-state index contributed by atoms with van der Waals surface area (Å²) in [6.07, 6.45) is 0. The first-order valence-corrected chi connectivity index (χ1v) is 6.21. The number of nitrogens with two attached hydrogens (primary N) is 1. The fourth-order valence-electron chi connectivity index (χ4n) is 1.53. The molecule has 0 amide bonds. The van der Waals surface area contributed by atoms with E-state index in [1.54, 1.807) is 0 Å². The van der Waals surface area contributed by atoms with Crippen molar-refractivity contribution in [1.29, 1.82) is 0 Å². The van der Waals surface area contributed by atoms with Gasteiger partial charge in [-0.2, -0.15) is 0 Å². The molecule has 92 valence electrons. The smallest absolute Gasteiger partial charge is 0.120 e. The van der Waals surface area contributed by atoms with Crippen molar-refractivity contribution in [2.75, 3.05) is 0 Å². The van der Waals surface area contributed by atoms with E-state index in [-0.39, 0.29) is 0 Å². The third-order valence-corrected chi connectivity index (χ3v) is 2.88. The van der Waals surface area contributed by atoms with E-state index < -0.39 is 0 Å². The Morgan fingerprint density at radius 2 is 1.94 bits per heavy atom. The topological polar surface area (TPSA) is 35.2 Å². The third kappa shape index (κ3) is 3.45. The molecule has 0 radical (unpaired) electrons. The van der Waals surface area contributed by atoms with Gasteiger partial charge in [-0.05, 0) is 29.8 Å². The van der Waals surface area contributed by atoms with Crippen molar-refractivity contribution < 1.29 is 4.74 Å².